The van der Waals surface area contributed by atoms with Crippen molar-refractivity contribution in [2.45, 2.75) is 75.4 Å². The molecule has 0 fully saturated rings. The van der Waals surface area contributed by atoms with E-state index in [9.17, 15) is 78.3 Å². The molecule has 0 unspecified atom stereocenters. The van der Waals surface area contributed by atoms with Crippen LogP contribution in [-0.4, -0.2) is 164 Å². The van der Waals surface area contributed by atoms with Crippen LogP contribution in [0, 0.1) is 0 Å². The summed E-state index contributed by atoms with van der Waals surface area (Å²) in [5, 5.41) is 70.0. The predicted molar refractivity (Wildman–Crippen MR) is 167 cm³/mol. The van der Waals surface area contributed by atoms with E-state index in [-0.39, 0.29) is 0 Å². The number of carbonyl (C=O) groups excluding carboxylic acids is 8. The molecule has 292 valence electrons. The number of ketones is 1. The maximum Gasteiger partial charge on any atom is 0.305 e. The summed E-state index contributed by atoms with van der Waals surface area (Å²) in [6.45, 7) is -1.90. The zero-order valence-corrected chi connectivity index (χ0v) is 27.7. The van der Waals surface area contributed by atoms with Crippen LogP contribution in [-0.2, 0) is 52.7 Å². The number of Topliss-reactive ketones (excluding diaryl/α,β-unsaturated/α-hetero) is 1. The van der Waals surface area contributed by atoms with Gasteiger partial charge in [-0.15, -0.1) is 0 Å². The summed E-state index contributed by atoms with van der Waals surface area (Å²) >= 11 is 0. The predicted octanol–water partition coefficient (Wildman–Crippen LogP) is -8.65. The Bertz CT molecular complexity index is 1370. The maximum absolute atomic E-state index is 12.9. The van der Waals surface area contributed by atoms with Gasteiger partial charge >= 0.3 is 17.9 Å². The number of rotatable bonds is 24. The number of carboxylic acids is 3. The largest absolute Gasteiger partial charge is 0.481 e. The van der Waals surface area contributed by atoms with Crippen LogP contribution in [0.5, 0.6) is 0 Å². The highest BCUT2D eigenvalue weighted by molar-refractivity contribution is 5.99. The maximum atomic E-state index is 12.9. The first-order valence-corrected chi connectivity index (χ1v) is 15.0. The lowest BCUT2D eigenvalue weighted by molar-refractivity contribution is -0.142. The molecule has 0 spiro atoms. The molecule has 0 radical (unpaired) electrons. The number of aliphatic carboxylic acids is 3. The molecule has 25 nitrogen and oxygen atoms in total. The number of hydrogen-bond acceptors (Lipinski definition) is 15. The van der Waals surface area contributed by atoms with Crippen molar-refractivity contribution >= 4 is 65.0 Å². The van der Waals surface area contributed by atoms with Crippen LogP contribution >= 0.6 is 0 Å². The van der Waals surface area contributed by atoms with Crippen LogP contribution in [0.25, 0.3) is 0 Å². The topological polar surface area (TPSA) is 419 Å². The molecule has 0 rings (SSSR count). The Morgan fingerprint density at radius 3 is 1.08 bits per heavy atom. The van der Waals surface area contributed by atoms with E-state index in [0.717, 1.165) is 6.92 Å². The smallest absolute Gasteiger partial charge is 0.305 e. The quantitative estimate of drug-likeness (QED) is 0.0435. The fraction of sp³-hybridized carbons (Fsp3) is 0.593. The van der Waals surface area contributed by atoms with E-state index in [0.29, 0.717) is 0 Å². The molecule has 25 heteroatoms. The second kappa shape index (κ2) is 22.8. The van der Waals surface area contributed by atoms with Gasteiger partial charge in [-0.3, -0.25) is 52.7 Å². The van der Waals surface area contributed by atoms with Crippen LogP contribution in [0.4, 0.5) is 0 Å². The van der Waals surface area contributed by atoms with E-state index in [1.807, 2.05) is 31.9 Å². The molecule has 0 saturated carbocycles. The highest BCUT2D eigenvalue weighted by atomic mass is 16.4. The van der Waals surface area contributed by atoms with Crippen LogP contribution < -0.4 is 43.0 Å². The summed E-state index contributed by atoms with van der Waals surface area (Å²) in [6, 6.07) is -12.4. The van der Waals surface area contributed by atoms with Gasteiger partial charge < -0.3 is 73.6 Å². The average Bonchev–Trinajstić information content (AvgIpc) is 3.04. The summed E-state index contributed by atoms with van der Waals surface area (Å²) in [5.74, 6) is -14.2. The molecule has 7 amide bonds. The van der Waals surface area contributed by atoms with E-state index >= 15 is 0 Å². The molecule has 0 aromatic heterocycles. The lowest BCUT2D eigenvalue weighted by Gasteiger charge is -2.25. The van der Waals surface area contributed by atoms with Crippen molar-refractivity contribution in [3.8, 4) is 0 Å². The van der Waals surface area contributed by atoms with E-state index in [1.54, 1.807) is 0 Å². The SMILES string of the molecule is CC(=O)[C@H](CC(=O)O)NC(=O)[C@H](CO)NC(=O)[C@H](CC(=O)O)NC(=O)[C@H](CO)NC(=O)[C@H](CC(=O)O)NC(=O)[C@H](CO)NC(=O)CNC(=O)[C@H](C)N. The Labute approximate surface area is 293 Å². The summed E-state index contributed by atoms with van der Waals surface area (Å²) in [4.78, 5) is 133. The molecule has 0 saturated heterocycles. The number of aliphatic hydroxyl groups is 3. The molecule has 0 heterocycles. The minimum Gasteiger partial charge on any atom is -0.481 e. The number of hydrogen-bond donors (Lipinski definition) is 14. The molecule has 0 aromatic carbocycles. The number of carbonyl (C=O) groups is 11. The fourth-order valence-electron chi connectivity index (χ4n) is 3.76. The third kappa shape index (κ3) is 17.2. The van der Waals surface area contributed by atoms with Crippen molar-refractivity contribution < 1.29 is 83.4 Å². The van der Waals surface area contributed by atoms with Gasteiger partial charge in [0.2, 0.25) is 41.4 Å². The fourth-order valence-corrected chi connectivity index (χ4v) is 3.76. The van der Waals surface area contributed by atoms with Gasteiger partial charge in [0.25, 0.3) is 0 Å². The lowest BCUT2D eigenvalue weighted by atomic mass is 10.1. The van der Waals surface area contributed by atoms with Gasteiger partial charge in [-0.2, -0.15) is 0 Å². The molecule has 7 atom stereocenters. The highest BCUT2D eigenvalue weighted by Gasteiger charge is 2.34. The van der Waals surface area contributed by atoms with Crippen molar-refractivity contribution in [1.82, 2.24) is 37.2 Å². The zero-order chi connectivity index (χ0) is 40.3. The number of nitrogens with two attached hydrogens (primary N) is 1. The first-order valence-electron chi connectivity index (χ1n) is 15.0. The summed E-state index contributed by atoms with van der Waals surface area (Å²) < 4.78 is 0. The second-order valence-corrected chi connectivity index (χ2v) is 10.9. The lowest BCUT2D eigenvalue weighted by Crippen LogP contribution is -2.61. The van der Waals surface area contributed by atoms with Crippen LogP contribution in [0.3, 0.4) is 0 Å². The minimum atomic E-state index is -2.07. The Hall–Kier alpha value is -5.79. The van der Waals surface area contributed by atoms with E-state index in [2.05, 4.69) is 5.32 Å². The van der Waals surface area contributed by atoms with Crippen molar-refractivity contribution in [3.05, 3.63) is 0 Å². The van der Waals surface area contributed by atoms with Crippen molar-refractivity contribution in [2.75, 3.05) is 26.4 Å². The highest BCUT2D eigenvalue weighted by Crippen LogP contribution is 2.02. The first kappa shape index (κ1) is 46.2. The van der Waals surface area contributed by atoms with Gasteiger partial charge in [0, 0.05) is 0 Å². The number of aliphatic hydroxyl groups excluding tert-OH is 3. The Balaban J connectivity index is 5.81. The molecular weight excluding hydrogens is 708 g/mol. The molecule has 0 aliphatic heterocycles. The van der Waals surface area contributed by atoms with Crippen molar-refractivity contribution in [3.63, 3.8) is 0 Å². The average molecular weight is 751 g/mol. The molecular formula is C27H42N8O17. The molecule has 15 N–H and O–H groups in total. The van der Waals surface area contributed by atoms with E-state index < -0.39 is 153 Å². The van der Waals surface area contributed by atoms with Gasteiger partial charge in [0.05, 0.1) is 57.7 Å². The number of carboxylic acid groups (broad SMARTS) is 3. The monoisotopic (exact) mass is 750 g/mol. The summed E-state index contributed by atoms with van der Waals surface area (Å²) in [7, 11) is 0. The standard InChI is InChI=1S/C27H42N8O17/c1-10(28)22(47)29-6-18(40)30-15(7-36)25(50)32-13(4-20(43)44)23(48)35-17(9-38)27(52)33-14(5-21(45)46)24(49)34-16(8-37)26(51)31-12(11(2)39)3-19(41)42/h10,12-17,36-38H,3-9,28H2,1-2H3,(H,29,47)(H,30,40)(H,31,51)(H,32,50)(H,33,52)(H,34,49)(H,35,48)(H,41,42)(H,43,44)(H,45,46)/t10-,12-,13-,14-,15-,16-,17-/m0/s1. The molecule has 0 aromatic rings. The minimum absolute atomic E-state index is 0.682. The van der Waals surface area contributed by atoms with Gasteiger partial charge in [-0.05, 0) is 13.8 Å². The Morgan fingerprint density at radius 1 is 0.481 bits per heavy atom. The van der Waals surface area contributed by atoms with Gasteiger partial charge in [-0.25, -0.2) is 0 Å². The van der Waals surface area contributed by atoms with Crippen LogP contribution in [0.1, 0.15) is 33.1 Å². The van der Waals surface area contributed by atoms with E-state index in [4.69, 9.17) is 10.8 Å². The molecule has 0 aliphatic rings. The molecule has 0 aliphatic carbocycles. The normalized spacial score (nSPS) is 14.7. The van der Waals surface area contributed by atoms with Gasteiger partial charge in [0.1, 0.15) is 30.2 Å². The molecule has 52 heavy (non-hydrogen) atoms. The van der Waals surface area contributed by atoms with Gasteiger partial charge in [0.15, 0.2) is 5.78 Å². The number of amides is 7. The van der Waals surface area contributed by atoms with E-state index in [1.165, 1.54) is 6.92 Å². The zero-order valence-electron chi connectivity index (χ0n) is 27.7. The van der Waals surface area contributed by atoms with Crippen molar-refractivity contribution in [1.29, 1.82) is 0 Å². The Morgan fingerprint density at radius 2 is 0.769 bits per heavy atom. The third-order valence-electron chi connectivity index (χ3n) is 6.51. The Kier molecular flexibility index (Phi) is 20.3. The van der Waals surface area contributed by atoms with Crippen molar-refractivity contribution in [2.24, 2.45) is 5.73 Å². The second-order valence-electron chi connectivity index (χ2n) is 10.9. The summed E-state index contributed by atoms with van der Waals surface area (Å²) in [6.07, 6.45) is -3.19. The van der Waals surface area contributed by atoms with Crippen LogP contribution in [0.2, 0.25) is 0 Å². The summed E-state index contributed by atoms with van der Waals surface area (Å²) in [5.41, 5.74) is 5.34. The van der Waals surface area contributed by atoms with Crippen LogP contribution in [0.15, 0.2) is 0 Å². The molecule has 0 bridgehead atoms. The first-order chi connectivity index (χ1) is 24.2. The third-order valence-corrected chi connectivity index (χ3v) is 6.51. The number of nitrogens with one attached hydrogen (secondary N) is 7. The van der Waals surface area contributed by atoms with Gasteiger partial charge in [-0.1, -0.05) is 0 Å².